The van der Waals surface area contributed by atoms with Crippen LogP contribution in [0.2, 0.25) is 0 Å². The molecule has 0 saturated carbocycles. The largest absolute Gasteiger partial charge is 0.487 e. The van der Waals surface area contributed by atoms with Gasteiger partial charge in [-0.1, -0.05) is 42.5 Å². The van der Waals surface area contributed by atoms with Crippen molar-refractivity contribution in [1.82, 2.24) is 9.88 Å². The van der Waals surface area contributed by atoms with Crippen molar-refractivity contribution in [1.29, 1.82) is 0 Å². The molecule has 1 aromatic heterocycles. The minimum atomic E-state index is -3.33. The first-order chi connectivity index (χ1) is 19.8. The Hall–Kier alpha value is -3.62. The molecule has 1 spiro atoms. The quantitative estimate of drug-likeness (QED) is 0.252. The van der Waals surface area contributed by atoms with Gasteiger partial charge < -0.3 is 4.74 Å². The summed E-state index contributed by atoms with van der Waals surface area (Å²) >= 11 is 0. The van der Waals surface area contributed by atoms with Gasteiger partial charge in [0.05, 0.1) is 17.2 Å². The highest BCUT2D eigenvalue weighted by molar-refractivity contribution is 7.89. The molecule has 212 valence electrons. The van der Waals surface area contributed by atoms with E-state index in [9.17, 15) is 17.2 Å². The Labute approximate surface area is 239 Å². The van der Waals surface area contributed by atoms with Gasteiger partial charge in [-0.05, 0) is 84.3 Å². The highest BCUT2D eigenvalue weighted by Gasteiger charge is 2.39. The number of fused-ring (bicyclic) bond motifs is 1. The van der Waals surface area contributed by atoms with Gasteiger partial charge in [-0.15, -0.1) is 0 Å². The number of rotatable bonds is 7. The topological polar surface area (TPSA) is 59.5 Å². The maximum atomic E-state index is 14.1. The van der Waals surface area contributed by atoms with E-state index in [1.165, 1.54) is 18.2 Å². The molecule has 0 N–H and O–H groups in total. The summed E-state index contributed by atoms with van der Waals surface area (Å²) in [7, 11) is -3.33. The zero-order valence-electron chi connectivity index (χ0n) is 22.7. The third kappa shape index (κ3) is 6.34. The van der Waals surface area contributed by atoms with Crippen LogP contribution in [0.4, 0.5) is 8.78 Å². The molecule has 1 saturated heterocycles. The van der Waals surface area contributed by atoms with Crippen LogP contribution in [-0.4, -0.2) is 37.0 Å². The summed E-state index contributed by atoms with van der Waals surface area (Å²) in [5.41, 5.74) is 4.42. The lowest BCUT2D eigenvalue weighted by Crippen LogP contribution is -2.49. The lowest BCUT2D eigenvalue weighted by atomic mass is 9.82. The normalized spacial score (nSPS) is 16.7. The number of nitrogens with zero attached hydrogens (tertiary/aromatic N) is 2. The molecule has 0 radical (unpaired) electrons. The van der Waals surface area contributed by atoms with Gasteiger partial charge in [0.15, 0.2) is 9.84 Å². The summed E-state index contributed by atoms with van der Waals surface area (Å²) < 4.78 is 60.1. The van der Waals surface area contributed by atoms with Crippen LogP contribution in [0.15, 0.2) is 85.1 Å². The molecule has 0 unspecified atom stereocenters. The molecule has 2 aliphatic rings. The molecule has 0 bridgehead atoms. The number of aromatic nitrogens is 1. The minimum Gasteiger partial charge on any atom is -0.487 e. The average molecular weight is 575 g/mol. The van der Waals surface area contributed by atoms with Crippen LogP contribution in [0, 0.1) is 11.6 Å². The number of pyridine rings is 1. The second-order valence-electron chi connectivity index (χ2n) is 11.1. The van der Waals surface area contributed by atoms with Crippen LogP contribution in [0.25, 0.3) is 11.1 Å². The Morgan fingerprint density at radius 1 is 0.829 bits per heavy atom. The molecule has 6 rings (SSSR count). The number of sulfone groups is 1. The highest BCUT2D eigenvalue weighted by atomic mass is 32.2. The maximum Gasteiger partial charge on any atom is 0.160 e. The third-order valence-corrected chi connectivity index (χ3v) is 9.72. The van der Waals surface area contributed by atoms with E-state index in [1.807, 2.05) is 36.4 Å². The summed E-state index contributed by atoms with van der Waals surface area (Å²) in [5, 5.41) is 0. The second-order valence-corrected chi connectivity index (χ2v) is 13.2. The predicted octanol–water partition coefficient (Wildman–Crippen LogP) is 6.50. The number of piperidine rings is 1. The first-order valence-electron chi connectivity index (χ1n) is 13.9. The zero-order valence-corrected chi connectivity index (χ0v) is 23.5. The third-order valence-electron chi connectivity index (χ3n) is 8.22. The molecular weight excluding hydrogens is 542 g/mol. The lowest BCUT2D eigenvalue weighted by Gasteiger charge is -2.44. The van der Waals surface area contributed by atoms with Crippen LogP contribution >= 0.6 is 0 Å². The van der Waals surface area contributed by atoms with Crippen molar-refractivity contribution < 1.29 is 21.9 Å². The number of hydrogen-bond acceptors (Lipinski definition) is 5. The zero-order chi connectivity index (χ0) is 28.5. The molecule has 5 nitrogen and oxygen atoms in total. The van der Waals surface area contributed by atoms with Crippen molar-refractivity contribution in [3.05, 3.63) is 119 Å². The van der Waals surface area contributed by atoms with Crippen LogP contribution in [0.1, 0.15) is 41.6 Å². The predicted molar refractivity (Wildman–Crippen MR) is 155 cm³/mol. The van der Waals surface area contributed by atoms with Crippen molar-refractivity contribution in [2.75, 3.05) is 13.1 Å². The summed E-state index contributed by atoms with van der Waals surface area (Å²) in [6.45, 7) is 1.72. The molecule has 0 atom stereocenters. The number of likely N-dealkylation sites (tertiary alicyclic amines) is 1. The fourth-order valence-corrected chi connectivity index (χ4v) is 7.31. The van der Waals surface area contributed by atoms with Gasteiger partial charge in [0.25, 0.3) is 0 Å². The SMILES string of the molecule is O=S(=O)(Cc1ccc(-c2ccc3c(c2)CCC2(CCN(Cc4c(F)cccc4F)CC2)O3)cc1)Cc1ccccn1. The molecule has 2 aliphatic heterocycles. The standard InChI is InChI=1S/C33H32F2N2O3S/c34-30-5-3-6-31(35)29(30)21-37-18-15-33(16-19-37)14-13-27-20-26(11-12-32(27)40-33)25-9-7-24(8-10-25)22-41(38,39)23-28-4-1-2-17-36-28/h1-12,17,20H,13-16,18-19,21-23H2. The summed E-state index contributed by atoms with van der Waals surface area (Å²) in [6.07, 6.45) is 5.03. The molecule has 41 heavy (non-hydrogen) atoms. The van der Waals surface area contributed by atoms with Gasteiger partial charge in [-0.25, -0.2) is 17.2 Å². The number of benzene rings is 3. The molecule has 0 amide bonds. The molecule has 1 fully saturated rings. The van der Waals surface area contributed by atoms with Gasteiger partial charge in [0, 0.05) is 31.4 Å². The van der Waals surface area contributed by atoms with Crippen LogP contribution in [0.3, 0.4) is 0 Å². The Bertz CT molecular complexity index is 1620. The number of halogens is 2. The Kier molecular flexibility index (Phi) is 7.62. The number of ether oxygens (including phenoxy) is 1. The summed E-state index contributed by atoms with van der Waals surface area (Å²) in [6, 6.07) is 23.2. The minimum absolute atomic E-state index is 0.0311. The molecule has 8 heteroatoms. The Balaban J connectivity index is 1.08. The van der Waals surface area contributed by atoms with Crippen molar-refractivity contribution >= 4 is 9.84 Å². The maximum absolute atomic E-state index is 14.1. The smallest absolute Gasteiger partial charge is 0.160 e. The van der Waals surface area contributed by atoms with Gasteiger partial charge in [-0.3, -0.25) is 9.88 Å². The van der Waals surface area contributed by atoms with Crippen LogP contribution < -0.4 is 4.74 Å². The lowest BCUT2D eigenvalue weighted by molar-refractivity contribution is -0.0166. The second kappa shape index (κ2) is 11.3. The fourth-order valence-electron chi connectivity index (χ4n) is 5.89. The van der Waals surface area contributed by atoms with E-state index < -0.39 is 21.5 Å². The molecule has 4 aromatic rings. The highest BCUT2D eigenvalue weighted by Crippen LogP contribution is 2.41. The first-order valence-corrected chi connectivity index (χ1v) is 15.8. The fraction of sp³-hybridized carbons (Fsp3) is 0.303. The van der Waals surface area contributed by atoms with Gasteiger partial charge in [0.2, 0.25) is 0 Å². The van der Waals surface area contributed by atoms with E-state index in [4.69, 9.17) is 4.74 Å². The molecule has 3 aromatic carbocycles. The first kappa shape index (κ1) is 27.5. The monoisotopic (exact) mass is 574 g/mol. The van der Waals surface area contributed by atoms with Gasteiger partial charge in [-0.2, -0.15) is 0 Å². The van der Waals surface area contributed by atoms with Crippen molar-refractivity contribution in [3.63, 3.8) is 0 Å². The molecule has 3 heterocycles. The van der Waals surface area contributed by atoms with Crippen molar-refractivity contribution in [2.45, 2.75) is 49.3 Å². The Morgan fingerprint density at radius 3 is 2.27 bits per heavy atom. The van der Waals surface area contributed by atoms with E-state index in [1.54, 1.807) is 24.4 Å². The van der Waals surface area contributed by atoms with E-state index >= 15 is 0 Å². The van der Waals surface area contributed by atoms with E-state index in [2.05, 4.69) is 16.0 Å². The average Bonchev–Trinajstić information content (AvgIpc) is 2.96. The van der Waals surface area contributed by atoms with E-state index in [0.29, 0.717) is 5.69 Å². The van der Waals surface area contributed by atoms with Crippen molar-refractivity contribution in [3.8, 4) is 16.9 Å². The van der Waals surface area contributed by atoms with Gasteiger partial charge in [0.1, 0.15) is 23.0 Å². The summed E-state index contributed by atoms with van der Waals surface area (Å²) in [4.78, 5) is 6.23. The summed E-state index contributed by atoms with van der Waals surface area (Å²) in [5.74, 6) is -0.208. The van der Waals surface area contributed by atoms with Crippen molar-refractivity contribution in [2.24, 2.45) is 0 Å². The number of hydrogen-bond donors (Lipinski definition) is 0. The Morgan fingerprint density at radius 2 is 1.56 bits per heavy atom. The van der Waals surface area contributed by atoms with Gasteiger partial charge >= 0.3 is 0 Å². The van der Waals surface area contributed by atoms with E-state index in [-0.39, 0.29) is 29.2 Å². The van der Waals surface area contributed by atoms with E-state index in [0.717, 1.165) is 66.8 Å². The molecular formula is C33H32F2N2O3S. The number of aryl methyl sites for hydroxylation is 1. The molecule has 0 aliphatic carbocycles. The van der Waals surface area contributed by atoms with Crippen LogP contribution in [0.5, 0.6) is 5.75 Å². The van der Waals surface area contributed by atoms with Crippen LogP contribution in [-0.2, 0) is 34.3 Å².